The van der Waals surface area contributed by atoms with E-state index in [2.05, 4.69) is 41.9 Å². The zero-order chi connectivity index (χ0) is 13.8. The molecule has 1 aromatic heterocycles. The Balaban J connectivity index is 1.92. The summed E-state index contributed by atoms with van der Waals surface area (Å²) < 4.78 is 7.16. The summed E-state index contributed by atoms with van der Waals surface area (Å²) >= 11 is 1.86. The fourth-order valence-electron chi connectivity index (χ4n) is 3.12. The third-order valence-electron chi connectivity index (χ3n) is 4.13. The van der Waals surface area contributed by atoms with Crippen LogP contribution >= 0.6 is 11.3 Å². The summed E-state index contributed by atoms with van der Waals surface area (Å²) in [4.78, 5) is 0. The van der Waals surface area contributed by atoms with E-state index in [-0.39, 0.29) is 0 Å². The molecule has 1 saturated heterocycles. The Kier molecular flexibility index (Phi) is 4.71. The summed E-state index contributed by atoms with van der Waals surface area (Å²) in [6, 6.07) is 9.34. The highest BCUT2D eigenvalue weighted by atomic mass is 32.1. The molecule has 3 heteroatoms. The molecule has 0 bridgehead atoms. The smallest absolute Gasteiger partial charge is 0.0512 e. The Morgan fingerprint density at radius 3 is 3.15 bits per heavy atom. The van der Waals surface area contributed by atoms with Gasteiger partial charge in [0.25, 0.3) is 0 Å². The fraction of sp³-hybridized carbons (Fsp3) is 0.529. The van der Waals surface area contributed by atoms with Crippen LogP contribution in [-0.4, -0.2) is 19.8 Å². The maximum absolute atomic E-state index is 5.72. The fourth-order valence-corrected chi connectivity index (χ4v) is 4.07. The quantitative estimate of drug-likeness (QED) is 0.882. The van der Waals surface area contributed by atoms with Gasteiger partial charge in [0.2, 0.25) is 0 Å². The monoisotopic (exact) mass is 289 g/mol. The highest BCUT2D eigenvalue weighted by molar-refractivity contribution is 7.17. The first-order chi connectivity index (χ1) is 9.90. The minimum Gasteiger partial charge on any atom is -0.381 e. The van der Waals surface area contributed by atoms with Crippen LogP contribution in [0.1, 0.15) is 37.8 Å². The molecule has 2 unspecified atom stereocenters. The van der Waals surface area contributed by atoms with Gasteiger partial charge in [0, 0.05) is 23.3 Å². The molecule has 0 aliphatic carbocycles. The average Bonchev–Trinajstić information content (AvgIpc) is 2.98. The van der Waals surface area contributed by atoms with Gasteiger partial charge in [-0.25, -0.2) is 0 Å². The maximum Gasteiger partial charge on any atom is 0.0512 e. The SMILES string of the molecule is CCCNC(c1cccc2ccsc12)C1CCCOC1. The van der Waals surface area contributed by atoms with E-state index in [9.17, 15) is 0 Å². The zero-order valence-corrected chi connectivity index (χ0v) is 12.9. The van der Waals surface area contributed by atoms with Crippen molar-refractivity contribution in [2.45, 2.75) is 32.2 Å². The van der Waals surface area contributed by atoms with E-state index in [1.807, 2.05) is 11.3 Å². The first-order valence-electron chi connectivity index (χ1n) is 7.67. The van der Waals surface area contributed by atoms with Crippen LogP contribution in [0.5, 0.6) is 0 Å². The third kappa shape index (κ3) is 2.90. The van der Waals surface area contributed by atoms with E-state index >= 15 is 0 Å². The van der Waals surface area contributed by atoms with Crippen LogP contribution in [-0.2, 0) is 4.74 Å². The van der Waals surface area contributed by atoms with Crippen molar-refractivity contribution in [3.63, 3.8) is 0 Å². The highest BCUT2D eigenvalue weighted by Gasteiger charge is 2.26. The third-order valence-corrected chi connectivity index (χ3v) is 5.10. The van der Waals surface area contributed by atoms with Crippen molar-refractivity contribution >= 4 is 21.4 Å². The molecule has 1 N–H and O–H groups in total. The molecular formula is C17H23NOS. The Morgan fingerprint density at radius 1 is 1.40 bits per heavy atom. The van der Waals surface area contributed by atoms with Gasteiger partial charge in [-0.05, 0) is 48.2 Å². The summed E-state index contributed by atoms with van der Waals surface area (Å²) in [5.41, 5.74) is 1.46. The lowest BCUT2D eigenvalue weighted by Gasteiger charge is -2.31. The van der Waals surface area contributed by atoms with Gasteiger partial charge >= 0.3 is 0 Å². The molecule has 108 valence electrons. The number of fused-ring (bicyclic) bond motifs is 1. The maximum atomic E-state index is 5.72. The van der Waals surface area contributed by atoms with Crippen molar-refractivity contribution in [1.82, 2.24) is 5.32 Å². The Labute approximate surface area is 125 Å². The topological polar surface area (TPSA) is 21.3 Å². The average molecular weight is 289 g/mol. The number of hydrogen-bond acceptors (Lipinski definition) is 3. The van der Waals surface area contributed by atoms with Gasteiger partial charge in [-0.1, -0.05) is 25.1 Å². The summed E-state index contributed by atoms with van der Waals surface area (Å²) in [6.07, 6.45) is 3.63. The van der Waals surface area contributed by atoms with Gasteiger partial charge in [0.05, 0.1) is 6.61 Å². The van der Waals surface area contributed by atoms with Crippen LogP contribution in [0.25, 0.3) is 10.1 Å². The van der Waals surface area contributed by atoms with Gasteiger partial charge in [0.1, 0.15) is 0 Å². The van der Waals surface area contributed by atoms with Crippen LogP contribution in [0.3, 0.4) is 0 Å². The largest absolute Gasteiger partial charge is 0.381 e. The van der Waals surface area contributed by atoms with Gasteiger partial charge in [-0.15, -0.1) is 11.3 Å². The summed E-state index contributed by atoms with van der Waals surface area (Å²) in [7, 11) is 0. The Morgan fingerprint density at radius 2 is 2.35 bits per heavy atom. The van der Waals surface area contributed by atoms with Gasteiger partial charge in [-0.2, -0.15) is 0 Å². The second-order valence-corrected chi connectivity index (χ2v) is 6.51. The van der Waals surface area contributed by atoms with Crippen LogP contribution < -0.4 is 5.32 Å². The Bertz CT molecular complexity index is 545. The van der Waals surface area contributed by atoms with E-state index in [4.69, 9.17) is 4.74 Å². The van der Waals surface area contributed by atoms with Crippen molar-refractivity contribution in [1.29, 1.82) is 0 Å². The first kappa shape index (κ1) is 14.1. The standard InChI is InChI=1S/C17H23NOS/c1-2-9-18-16(14-6-4-10-19-12-14)15-7-3-5-13-8-11-20-17(13)15/h3,5,7-8,11,14,16,18H,2,4,6,9-10,12H2,1H3. The molecule has 20 heavy (non-hydrogen) atoms. The predicted octanol–water partition coefficient (Wildman–Crippen LogP) is 4.37. The van der Waals surface area contributed by atoms with Crippen LogP contribution in [0.2, 0.25) is 0 Å². The van der Waals surface area contributed by atoms with E-state index in [0.717, 1.165) is 19.8 Å². The predicted molar refractivity (Wildman–Crippen MR) is 86.4 cm³/mol. The van der Waals surface area contributed by atoms with Crippen LogP contribution in [0.4, 0.5) is 0 Å². The second-order valence-electron chi connectivity index (χ2n) is 5.60. The van der Waals surface area contributed by atoms with Gasteiger partial charge < -0.3 is 10.1 Å². The molecule has 0 spiro atoms. The number of ether oxygens (including phenoxy) is 1. The van der Waals surface area contributed by atoms with E-state index in [0.29, 0.717) is 12.0 Å². The molecule has 0 amide bonds. The zero-order valence-electron chi connectivity index (χ0n) is 12.1. The van der Waals surface area contributed by atoms with E-state index < -0.39 is 0 Å². The minimum atomic E-state index is 0.428. The van der Waals surface area contributed by atoms with Crippen molar-refractivity contribution in [2.24, 2.45) is 5.92 Å². The van der Waals surface area contributed by atoms with Crippen LogP contribution in [0.15, 0.2) is 29.6 Å². The van der Waals surface area contributed by atoms with Gasteiger partial charge in [0.15, 0.2) is 0 Å². The normalized spacial score (nSPS) is 21.1. The summed E-state index contributed by atoms with van der Waals surface area (Å²) in [5.74, 6) is 0.600. The van der Waals surface area contributed by atoms with Gasteiger partial charge in [-0.3, -0.25) is 0 Å². The second kappa shape index (κ2) is 6.70. The van der Waals surface area contributed by atoms with Crippen molar-refractivity contribution in [3.8, 4) is 0 Å². The summed E-state index contributed by atoms with van der Waals surface area (Å²) in [6.45, 7) is 5.12. The number of rotatable bonds is 5. The molecule has 1 fully saturated rings. The molecule has 3 rings (SSSR count). The number of benzene rings is 1. The van der Waals surface area contributed by atoms with Crippen molar-refractivity contribution in [3.05, 3.63) is 35.2 Å². The van der Waals surface area contributed by atoms with E-state index in [1.54, 1.807) is 0 Å². The number of hydrogen-bond donors (Lipinski definition) is 1. The molecule has 2 atom stereocenters. The molecule has 0 radical (unpaired) electrons. The van der Waals surface area contributed by atoms with Crippen molar-refractivity contribution in [2.75, 3.05) is 19.8 Å². The molecule has 2 nitrogen and oxygen atoms in total. The molecule has 2 aromatic rings. The lowest BCUT2D eigenvalue weighted by Crippen LogP contribution is -2.33. The lowest BCUT2D eigenvalue weighted by molar-refractivity contribution is 0.0393. The van der Waals surface area contributed by atoms with E-state index in [1.165, 1.54) is 34.9 Å². The number of thiophene rings is 1. The first-order valence-corrected chi connectivity index (χ1v) is 8.55. The molecule has 1 aliphatic rings. The minimum absolute atomic E-state index is 0.428. The summed E-state index contributed by atoms with van der Waals surface area (Å²) in [5, 5.41) is 7.33. The Hall–Kier alpha value is -0.900. The molecule has 0 saturated carbocycles. The van der Waals surface area contributed by atoms with Crippen molar-refractivity contribution < 1.29 is 4.74 Å². The number of nitrogens with one attached hydrogen (secondary N) is 1. The molecule has 1 aliphatic heterocycles. The molecule has 2 heterocycles. The molecular weight excluding hydrogens is 266 g/mol. The van der Waals surface area contributed by atoms with Crippen LogP contribution in [0, 0.1) is 5.92 Å². The molecule has 1 aromatic carbocycles. The highest BCUT2D eigenvalue weighted by Crippen LogP contribution is 2.35. The lowest BCUT2D eigenvalue weighted by atomic mass is 9.88.